The molecule has 0 atom stereocenters. The van der Waals surface area contributed by atoms with Crippen molar-refractivity contribution < 1.29 is 13.6 Å². The first-order valence-corrected chi connectivity index (χ1v) is 7.84. The Labute approximate surface area is 138 Å². The molecule has 0 bridgehead atoms. The fourth-order valence-electron chi connectivity index (χ4n) is 2.80. The molecule has 0 radical (unpaired) electrons. The van der Waals surface area contributed by atoms with E-state index in [-0.39, 0.29) is 11.1 Å². The molecule has 7 heteroatoms. The Morgan fingerprint density at radius 3 is 2.71 bits per heavy atom. The van der Waals surface area contributed by atoms with Crippen LogP contribution in [-0.2, 0) is 0 Å². The summed E-state index contributed by atoms with van der Waals surface area (Å²) in [5, 5.41) is 7.94. The molecule has 0 saturated carbocycles. The van der Waals surface area contributed by atoms with Gasteiger partial charge in [0.15, 0.2) is 5.82 Å². The molecule has 1 saturated heterocycles. The lowest BCUT2D eigenvalue weighted by Gasteiger charge is -2.22. The van der Waals surface area contributed by atoms with Crippen molar-refractivity contribution in [3.8, 4) is 0 Å². The van der Waals surface area contributed by atoms with E-state index in [0.29, 0.717) is 19.6 Å². The van der Waals surface area contributed by atoms with Gasteiger partial charge in [-0.15, -0.1) is 5.10 Å². The summed E-state index contributed by atoms with van der Waals surface area (Å²) in [6, 6.07) is 5.73. The Bertz CT molecular complexity index is 739. The van der Waals surface area contributed by atoms with Crippen molar-refractivity contribution >= 4 is 11.7 Å². The maximum Gasteiger partial charge on any atom is 0.256 e. The molecule has 0 N–H and O–H groups in total. The zero-order valence-corrected chi connectivity index (χ0v) is 13.4. The number of halogens is 2. The van der Waals surface area contributed by atoms with Crippen LogP contribution in [0.5, 0.6) is 0 Å². The van der Waals surface area contributed by atoms with Gasteiger partial charge >= 0.3 is 0 Å². The minimum Gasteiger partial charge on any atom is -0.353 e. The van der Waals surface area contributed by atoms with E-state index in [1.54, 1.807) is 11.1 Å². The highest BCUT2D eigenvalue weighted by Crippen LogP contribution is 2.18. The maximum atomic E-state index is 14.0. The summed E-state index contributed by atoms with van der Waals surface area (Å²) in [5.74, 6) is -1.11. The molecule has 2 aromatic rings. The van der Waals surface area contributed by atoms with Gasteiger partial charge in [0.25, 0.3) is 5.91 Å². The van der Waals surface area contributed by atoms with Gasteiger partial charge in [0.05, 0.1) is 5.56 Å². The third-order valence-corrected chi connectivity index (χ3v) is 4.14. The molecule has 1 fully saturated rings. The van der Waals surface area contributed by atoms with Crippen LogP contribution < -0.4 is 4.90 Å². The number of rotatable bonds is 2. The number of aryl methyl sites for hydroxylation is 1. The lowest BCUT2D eigenvalue weighted by Crippen LogP contribution is -2.36. The van der Waals surface area contributed by atoms with Gasteiger partial charge in [-0.25, -0.2) is 8.78 Å². The van der Waals surface area contributed by atoms with Crippen LogP contribution in [0.4, 0.5) is 14.6 Å². The normalized spacial score (nSPS) is 15.3. The topological polar surface area (TPSA) is 49.3 Å². The predicted molar refractivity (Wildman–Crippen MR) is 85.9 cm³/mol. The Kier molecular flexibility index (Phi) is 4.69. The molecular formula is C17H18F2N4O. The minimum atomic E-state index is -0.821. The maximum absolute atomic E-state index is 14.0. The SMILES string of the molecule is Cc1cc(C(=O)N2CCCN(c3cccnn3)CC2)c(F)cc1F. The lowest BCUT2D eigenvalue weighted by atomic mass is 10.1. The first-order chi connectivity index (χ1) is 11.6. The summed E-state index contributed by atoms with van der Waals surface area (Å²) >= 11 is 0. The first kappa shape index (κ1) is 16.3. The van der Waals surface area contributed by atoms with Gasteiger partial charge < -0.3 is 9.80 Å². The first-order valence-electron chi connectivity index (χ1n) is 7.84. The van der Waals surface area contributed by atoms with Crippen molar-refractivity contribution in [1.82, 2.24) is 15.1 Å². The molecule has 0 aliphatic carbocycles. The quantitative estimate of drug-likeness (QED) is 0.847. The summed E-state index contributed by atoms with van der Waals surface area (Å²) in [4.78, 5) is 16.2. The van der Waals surface area contributed by atoms with E-state index in [1.165, 1.54) is 13.0 Å². The minimum absolute atomic E-state index is 0.0816. The Balaban J connectivity index is 1.74. The second kappa shape index (κ2) is 6.90. The lowest BCUT2D eigenvalue weighted by molar-refractivity contribution is 0.0762. The molecule has 1 aliphatic heterocycles. The Hall–Kier alpha value is -2.57. The van der Waals surface area contributed by atoms with E-state index < -0.39 is 17.5 Å². The summed E-state index contributed by atoms with van der Waals surface area (Å²) in [6.07, 6.45) is 2.35. The van der Waals surface area contributed by atoms with Crippen molar-refractivity contribution in [2.75, 3.05) is 31.1 Å². The standard InChI is InChI=1S/C17H18F2N4O/c1-12-10-13(15(19)11-14(12)18)17(24)23-7-3-6-22(8-9-23)16-4-2-5-20-21-16/h2,4-5,10-11H,3,6-9H2,1H3. The van der Waals surface area contributed by atoms with Crippen molar-refractivity contribution in [2.45, 2.75) is 13.3 Å². The fourth-order valence-corrected chi connectivity index (χ4v) is 2.80. The Morgan fingerprint density at radius 1 is 1.12 bits per heavy atom. The Morgan fingerprint density at radius 2 is 1.96 bits per heavy atom. The number of nitrogens with zero attached hydrogens (tertiary/aromatic N) is 4. The smallest absolute Gasteiger partial charge is 0.256 e. The third kappa shape index (κ3) is 3.34. The van der Waals surface area contributed by atoms with E-state index in [9.17, 15) is 13.6 Å². The summed E-state index contributed by atoms with van der Waals surface area (Å²) in [5.41, 5.74) is 0.178. The van der Waals surface area contributed by atoms with Crippen LogP contribution in [0.3, 0.4) is 0 Å². The van der Waals surface area contributed by atoms with Crippen LogP contribution in [0.1, 0.15) is 22.3 Å². The number of carbonyl (C=O) groups is 1. The van der Waals surface area contributed by atoms with Crippen LogP contribution in [-0.4, -0.2) is 47.2 Å². The molecule has 0 spiro atoms. The molecule has 2 heterocycles. The number of anilines is 1. The third-order valence-electron chi connectivity index (χ3n) is 4.14. The summed E-state index contributed by atoms with van der Waals surface area (Å²) in [6.45, 7) is 3.82. The van der Waals surface area contributed by atoms with Gasteiger partial charge in [0.2, 0.25) is 0 Å². The number of aromatic nitrogens is 2. The van der Waals surface area contributed by atoms with Crippen LogP contribution in [0.25, 0.3) is 0 Å². The molecule has 0 unspecified atom stereocenters. The number of hydrogen-bond donors (Lipinski definition) is 0. The van der Waals surface area contributed by atoms with Crippen molar-refractivity contribution in [1.29, 1.82) is 0 Å². The predicted octanol–water partition coefficient (Wildman–Crippen LogP) is 2.42. The van der Waals surface area contributed by atoms with Gasteiger partial charge in [-0.2, -0.15) is 5.10 Å². The number of amides is 1. The van der Waals surface area contributed by atoms with Gasteiger partial charge in [-0.3, -0.25) is 4.79 Å². The summed E-state index contributed by atoms with van der Waals surface area (Å²) in [7, 11) is 0. The largest absolute Gasteiger partial charge is 0.353 e. The van der Waals surface area contributed by atoms with E-state index >= 15 is 0 Å². The van der Waals surface area contributed by atoms with Crippen molar-refractivity contribution in [3.63, 3.8) is 0 Å². The van der Waals surface area contributed by atoms with Crippen molar-refractivity contribution in [3.05, 3.63) is 53.2 Å². The van der Waals surface area contributed by atoms with Gasteiger partial charge in [0, 0.05) is 38.4 Å². The second-order valence-corrected chi connectivity index (χ2v) is 5.80. The fraction of sp³-hybridized carbons (Fsp3) is 0.353. The molecule has 1 amide bonds. The highest BCUT2D eigenvalue weighted by molar-refractivity contribution is 5.94. The van der Waals surface area contributed by atoms with Crippen molar-refractivity contribution in [2.24, 2.45) is 0 Å². The highest BCUT2D eigenvalue weighted by Gasteiger charge is 2.24. The number of benzene rings is 1. The van der Waals surface area contributed by atoms with Gasteiger partial charge in [-0.1, -0.05) is 0 Å². The van der Waals surface area contributed by atoms with E-state index in [0.717, 1.165) is 24.8 Å². The van der Waals surface area contributed by atoms with E-state index in [4.69, 9.17) is 0 Å². The van der Waals surface area contributed by atoms with Crippen LogP contribution in [0, 0.1) is 18.6 Å². The molecular weight excluding hydrogens is 314 g/mol. The summed E-state index contributed by atoms with van der Waals surface area (Å²) < 4.78 is 27.3. The van der Waals surface area contributed by atoms with Crippen LogP contribution in [0.15, 0.2) is 30.5 Å². The van der Waals surface area contributed by atoms with Crippen LogP contribution >= 0.6 is 0 Å². The monoisotopic (exact) mass is 332 g/mol. The average Bonchev–Trinajstić information content (AvgIpc) is 2.84. The number of carbonyl (C=O) groups excluding carboxylic acids is 1. The van der Waals surface area contributed by atoms with E-state index in [2.05, 4.69) is 10.2 Å². The van der Waals surface area contributed by atoms with Gasteiger partial charge in [0.1, 0.15) is 11.6 Å². The second-order valence-electron chi connectivity index (χ2n) is 5.80. The average molecular weight is 332 g/mol. The molecule has 1 aromatic carbocycles. The highest BCUT2D eigenvalue weighted by atomic mass is 19.1. The molecule has 24 heavy (non-hydrogen) atoms. The number of hydrogen-bond acceptors (Lipinski definition) is 4. The van der Waals surface area contributed by atoms with Gasteiger partial charge in [-0.05, 0) is 37.1 Å². The van der Waals surface area contributed by atoms with E-state index in [1.807, 2.05) is 17.0 Å². The zero-order chi connectivity index (χ0) is 17.1. The molecule has 5 nitrogen and oxygen atoms in total. The molecule has 3 rings (SSSR count). The molecule has 1 aromatic heterocycles. The zero-order valence-electron chi connectivity index (χ0n) is 13.4. The molecule has 126 valence electrons. The van der Waals surface area contributed by atoms with Crippen LogP contribution in [0.2, 0.25) is 0 Å². The molecule has 1 aliphatic rings.